The SMILES string of the molecule is CCOc1ccc(Cc2nc(C)c(CC(N)=O)c(=O)[nH]2)cc1. The van der Waals surface area contributed by atoms with Crippen molar-refractivity contribution in [3.8, 4) is 5.75 Å². The van der Waals surface area contributed by atoms with E-state index in [1.807, 2.05) is 31.2 Å². The van der Waals surface area contributed by atoms with Gasteiger partial charge < -0.3 is 15.5 Å². The molecule has 0 aliphatic carbocycles. The second-order valence-electron chi connectivity index (χ2n) is 4.97. The van der Waals surface area contributed by atoms with Gasteiger partial charge in [0, 0.05) is 17.7 Å². The minimum Gasteiger partial charge on any atom is -0.494 e. The van der Waals surface area contributed by atoms with Crippen LogP contribution in [0.5, 0.6) is 5.75 Å². The third-order valence-electron chi connectivity index (χ3n) is 3.23. The van der Waals surface area contributed by atoms with Crippen molar-refractivity contribution in [1.29, 1.82) is 0 Å². The lowest BCUT2D eigenvalue weighted by Gasteiger charge is -2.07. The van der Waals surface area contributed by atoms with Crippen molar-refractivity contribution in [1.82, 2.24) is 9.97 Å². The first-order valence-corrected chi connectivity index (χ1v) is 7.08. The van der Waals surface area contributed by atoms with Crippen LogP contribution in [0.2, 0.25) is 0 Å². The fourth-order valence-corrected chi connectivity index (χ4v) is 2.20. The van der Waals surface area contributed by atoms with Crippen LogP contribution in [0.15, 0.2) is 29.1 Å². The van der Waals surface area contributed by atoms with Crippen molar-refractivity contribution in [2.75, 3.05) is 6.61 Å². The van der Waals surface area contributed by atoms with Crippen molar-refractivity contribution >= 4 is 5.91 Å². The number of aromatic nitrogens is 2. The van der Waals surface area contributed by atoms with Gasteiger partial charge in [0.1, 0.15) is 11.6 Å². The number of rotatable bonds is 6. The monoisotopic (exact) mass is 301 g/mol. The lowest BCUT2D eigenvalue weighted by Crippen LogP contribution is -2.24. The number of nitrogens with two attached hydrogens (primary N) is 1. The van der Waals surface area contributed by atoms with Gasteiger partial charge in [0.25, 0.3) is 5.56 Å². The Balaban J connectivity index is 2.19. The number of nitrogens with one attached hydrogen (secondary N) is 1. The summed E-state index contributed by atoms with van der Waals surface area (Å²) in [5, 5.41) is 0. The van der Waals surface area contributed by atoms with E-state index < -0.39 is 5.91 Å². The van der Waals surface area contributed by atoms with Gasteiger partial charge in [-0.05, 0) is 31.5 Å². The number of carbonyl (C=O) groups is 1. The summed E-state index contributed by atoms with van der Waals surface area (Å²) in [6.07, 6.45) is 0.400. The van der Waals surface area contributed by atoms with Gasteiger partial charge in [-0.3, -0.25) is 9.59 Å². The molecule has 0 fully saturated rings. The molecule has 0 saturated carbocycles. The zero-order valence-corrected chi connectivity index (χ0v) is 12.7. The van der Waals surface area contributed by atoms with Crippen LogP contribution < -0.4 is 16.0 Å². The maximum Gasteiger partial charge on any atom is 0.254 e. The minimum absolute atomic E-state index is 0.0997. The smallest absolute Gasteiger partial charge is 0.254 e. The second kappa shape index (κ2) is 6.89. The summed E-state index contributed by atoms with van der Waals surface area (Å²) >= 11 is 0. The third-order valence-corrected chi connectivity index (χ3v) is 3.23. The van der Waals surface area contributed by atoms with E-state index in [1.165, 1.54) is 0 Å². The predicted octanol–water partition coefficient (Wildman–Crippen LogP) is 1.10. The number of nitrogens with zero attached hydrogens (tertiary/aromatic N) is 1. The number of primary amides is 1. The van der Waals surface area contributed by atoms with Gasteiger partial charge in [0.15, 0.2) is 0 Å². The first kappa shape index (κ1) is 15.8. The van der Waals surface area contributed by atoms with Crippen molar-refractivity contribution in [2.45, 2.75) is 26.7 Å². The highest BCUT2D eigenvalue weighted by molar-refractivity contribution is 5.76. The first-order valence-electron chi connectivity index (χ1n) is 7.08. The predicted molar refractivity (Wildman–Crippen MR) is 82.9 cm³/mol. The fraction of sp³-hybridized carbons (Fsp3) is 0.312. The summed E-state index contributed by atoms with van der Waals surface area (Å²) in [6, 6.07) is 7.62. The number of amides is 1. The van der Waals surface area contributed by atoms with E-state index >= 15 is 0 Å². The Morgan fingerprint density at radius 3 is 2.55 bits per heavy atom. The average Bonchev–Trinajstić information content (AvgIpc) is 2.45. The van der Waals surface area contributed by atoms with Crippen molar-refractivity contribution in [3.63, 3.8) is 0 Å². The van der Waals surface area contributed by atoms with Gasteiger partial charge >= 0.3 is 0 Å². The fourth-order valence-electron chi connectivity index (χ4n) is 2.20. The molecule has 0 spiro atoms. The largest absolute Gasteiger partial charge is 0.494 e. The highest BCUT2D eigenvalue weighted by Crippen LogP contribution is 2.14. The van der Waals surface area contributed by atoms with E-state index in [0.717, 1.165) is 11.3 Å². The maximum atomic E-state index is 12.0. The molecule has 0 radical (unpaired) electrons. The van der Waals surface area contributed by atoms with Crippen LogP contribution in [0.1, 0.15) is 29.6 Å². The minimum atomic E-state index is -0.547. The van der Waals surface area contributed by atoms with Crippen LogP contribution in [0.3, 0.4) is 0 Å². The lowest BCUT2D eigenvalue weighted by atomic mass is 10.1. The zero-order chi connectivity index (χ0) is 16.1. The molecule has 1 aromatic carbocycles. The Morgan fingerprint density at radius 2 is 2.00 bits per heavy atom. The number of hydrogen-bond donors (Lipinski definition) is 2. The van der Waals surface area contributed by atoms with Gasteiger partial charge in [-0.1, -0.05) is 12.1 Å². The van der Waals surface area contributed by atoms with Gasteiger partial charge in [0.05, 0.1) is 13.0 Å². The average molecular weight is 301 g/mol. The van der Waals surface area contributed by atoms with E-state index in [0.29, 0.717) is 30.1 Å². The summed E-state index contributed by atoms with van der Waals surface area (Å²) in [5.74, 6) is 0.815. The molecule has 0 saturated heterocycles. The molecule has 0 bridgehead atoms. The molecular formula is C16H19N3O3. The zero-order valence-electron chi connectivity index (χ0n) is 12.7. The molecule has 6 nitrogen and oxygen atoms in total. The Morgan fingerprint density at radius 1 is 1.32 bits per heavy atom. The summed E-state index contributed by atoms with van der Waals surface area (Å²) < 4.78 is 5.38. The highest BCUT2D eigenvalue weighted by atomic mass is 16.5. The molecule has 2 aromatic rings. The summed E-state index contributed by atoms with van der Waals surface area (Å²) in [6.45, 7) is 4.25. The maximum absolute atomic E-state index is 12.0. The van der Waals surface area contributed by atoms with Gasteiger partial charge in [-0.15, -0.1) is 0 Å². The summed E-state index contributed by atoms with van der Waals surface area (Å²) in [4.78, 5) is 30.0. The Hall–Kier alpha value is -2.63. The quantitative estimate of drug-likeness (QED) is 0.834. The molecule has 6 heteroatoms. The Labute approximate surface area is 128 Å². The van der Waals surface area contributed by atoms with E-state index in [4.69, 9.17) is 10.5 Å². The second-order valence-corrected chi connectivity index (χ2v) is 4.97. The van der Waals surface area contributed by atoms with Crippen LogP contribution in [-0.4, -0.2) is 22.5 Å². The van der Waals surface area contributed by atoms with Gasteiger partial charge in [-0.2, -0.15) is 0 Å². The van der Waals surface area contributed by atoms with Crippen molar-refractivity contribution in [2.24, 2.45) is 5.73 Å². The van der Waals surface area contributed by atoms with Crippen LogP contribution in [0.25, 0.3) is 0 Å². The molecule has 1 amide bonds. The molecule has 0 aliphatic heterocycles. The molecule has 1 aromatic heterocycles. The molecule has 0 aliphatic rings. The molecular weight excluding hydrogens is 282 g/mol. The van der Waals surface area contributed by atoms with Crippen LogP contribution in [-0.2, 0) is 17.6 Å². The normalized spacial score (nSPS) is 10.5. The number of H-pyrrole nitrogens is 1. The Bertz CT molecular complexity index is 720. The van der Waals surface area contributed by atoms with Crippen LogP contribution in [0, 0.1) is 6.92 Å². The van der Waals surface area contributed by atoms with Crippen LogP contribution >= 0.6 is 0 Å². The van der Waals surface area contributed by atoms with E-state index in [1.54, 1.807) is 6.92 Å². The number of benzene rings is 1. The van der Waals surface area contributed by atoms with E-state index in [-0.39, 0.29) is 12.0 Å². The van der Waals surface area contributed by atoms with Crippen molar-refractivity contribution < 1.29 is 9.53 Å². The summed E-state index contributed by atoms with van der Waals surface area (Å²) in [5.41, 5.74) is 6.68. The standard InChI is InChI=1S/C16H19N3O3/c1-3-22-12-6-4-11(5-7-12)8-15-18-10(2)13(9-14(17)20)16(21)19-15/h4-7H,3,8-9H2,1-2H3,(H2,17,20)(H,18,19,21). The van der Waals surface area contributed by atoms with Gasteiger partial charge in [-0.25, -0.2) is 4.98 Å². The van der Waals surface area contributed by atoms with E-state index in [9.17, 15) is 9.59 Å². The number of ether oxygens (including phenoxy) is 1. The Kier molecular flexibility index (Phi) is 4.93. The number of hydrogen-bond acceptors (Lipinski definition) is 4. The van der Waals surface area contributed by atoms with Gasteiger partial charge in [0.2, 0.25) is 5.91 Å². The molecule has 2 rings (SSSR count). The number of carbonyl (C=O) groups excluding carboxylic acids is 1. The molecule has 1 heterocycles. The topological polar surface area (TPSA) is 98.1 Å². The molecule has 0 unspecified atom stereocenters. The number of aryl methyl sites for hydroxylation is 1. The first-order chi connectivity index (χ1) is 10.5. The number of aromatic amines is 1. The molecule has 3 N–H and O–H groups in total. The third kappa shape index (κ3) is 3.94. The molecule has 0 atom stereocenters. The lowest BCUT2D eigenvalue weighted by molar-refractivity contribution is -0.117. The molecule has 116 valence electrons. The van der Waals surface area contributed by atoms with Crippen molar-refractivity contribution in [3.05, 3.63) is 57.3 Å². The molecule has 22 heavy (non-hydrogen) atoms. The summed E-state index contributed by atoms with van der Waals surface area (Å²) in [7, 11) is 0. The van der Waals surface area contributed by atoms with Crippen LogP contribution in [0.4, 0.5) is 0 Å². The van der Waals surface area contributed by atoms with E-state index in [2.05, 4.69) is 9.97 Å². The highest BCUT2D eigenvalue weighted by Gasteiger charge is 2.11.